The van der Waals surface area contributed by atoms with E-state index in [4.69, 9.17) is 27.9 Å². The van der Waals surface area contributed by atoms with E-state index in [9.17, 15) is 4.79 Å². The zero-order valence-corrected chi connectivity index (χ0v) is 11.1. The smallest absolute Gasteiger partial charge is 0.328 e. The van der Waals surface area contributed by atoms with Crippen molar-refractivity contribution in [2.45, 2.75) is 12.3 Å². The molecule has 0 saturated carbocycles. The average Bonchev–Trinajstić information content (AvgIpc) is 2.17. The quantitative estimate of drug-likeness (QED) is 0.624. The Labute approximate surface area is 107 Å². The van der Waals surface area contributed by atoms with Gasteiger partial charge in [-0.15, -0.1) is 11.6 Å². The molecule has 2 nitrogen and oxygen atoms in total. The molecule has 1 aromatic rings. The van der Waals surface area contributed by atoms with Crippen molar-refractivity contribution in [3.63, 3.8) is 0 Å². The molecule has 0 saturated heterocycles. The number of esters is 1. The highest BCUT2D eigenvalue weighted by Gasteiger charge is 2.21. The predicted molar refractivity (Wildman–Crippen MR) is 64.4 cm³/mol. The largest absolute Gasteiger partial charge is 0.465 e. The van der Waals surface area contributed by atoms with Crippen LogP contribution in [-0.2, 0) is 9.53 Å². The van der Waals surface area contributed by atoms with Crippen LogP contribution in [0.1, 0.15) is 17.9 Å². The molecule has 0 N–H and O–H groups in total. The molecule has 15 heavy (non-hydrogen) atoms. The summed E-state index contributed by atoms with van der Waals surface area (Å²) < 4.78 is 5.52. The first-order valence-corrected chi connectivity index (χ1v) is 5.92. The van der Waals surface area contributed by atoms with Crippen molar-refractivity contribution in [3.05, 3.63) is 33.3 Å². The number of carbonyl (C=O) groups is 1. The fourth-order valence-electron chi connectivity index (χ4n) is 1.05. The molecule has 0 aliphatic rings. The summed E-state index contributed by atoms with van der Waals surface area (Å²) >= 11 is 15.0. The summed E-state index contributed by atoms with van der Waals surface area (Å²) in [4.78, 5) is 11.4. The predicted octanol–water partition coefficient (Wildman–Crippen LogP) is 3.95. The number of alkyl halides is 1. The molecule has 0 aliphatic heterocycles. The lowest BCUT2D eigenvalue weighted by molar-refractivity contribution is -0.142. The van der Waals surface area contributed by atoms with Crippen LogP contribution in [0.2, 0.25) is 5.02 Å². The Balaban J connectivity index is 2.91. The van der Waals surface area contributed by atoms with Crippen LogP contribution in [0.5, 0.6) is 0 Å². The first kappa shape index (κ1) is 12.8. The molecule has 1 unspecified atom stereocenters. The minimum absolute atomic E-state index is 0.313. The molecule has 82 valence electrons. The fourth-order valence-corrected chi connectivity index (χ4v) is 2.35. The molecule has 0 amide bonds. The highest BCUT2D eigenvalue weighted by atomic mass is 79.9. The molecule has 5 heteroatoms. The van der Waals surface area contributed by atoms with Crippen LogP contribution < -0.4 is 0 Å². The Morgan fingerprint density at radius 3 is 2.80 bits per heavy atom. The van der Waals surface area contributed by atoms with Gasteiger partial charge in [-0.05, 0) is 24.6 Å². The fraction of sp³-hybridized carbons (Fsp3) is 0.300. The van der Waals surface area contributed by atoms with E-state index in [1.165, 1.54) is 0 Å². The molecule has 1 rings (SSSR count). The van der Waals surface area contributed by atoms with Crippen molar-refractivity contribution in [3.8, 4) is 0 Å². The van der Waals surface area contributed by atoms with Gasteiger partial charge in [-0.3, -0.25) is 4.79 Å². The molecular formula is C10H9BrCl2O2. The summed E-state index contributed by atoms with van der Waals surface area (Å²) in [6.07, 6.45) is 0. The third kappa shape index (κ3) is 3.37. The van der Waals surface area contributed by atoms with Crippen LogP contribution in [0, 0.1) is 0 Å². The maximum Gasteiger partial charge on any atom is 0.328 e. The highest BCUT2D eigenvalue weighted by molar-refractivity contribution is 9.10. The Morgan fingerprint density at radius 2 is 2.27 bits per heavy atom. The Bertz CT molecular complexity index is 368. The van der Waals surface area contributed by atoms with Gasteiger partial charge in [-0.25, -0.2) is 0 Å². The molecule has 0 bridgehead atoms. The molecule has 0 radical (unpaired) electrons. The number of benzene rings is 1. The van der Waals surface area contributed by atoms with Gasteiger partial charge in [0.2, 0.25) is 0 Å². The molecule has 0 heterocycles. The molecule has 0 fully saturated rings. The molecule has 0 aliphatic carbocycles. The van der Waals surface area contributed by atoms with Gasteiger partial charge in [0.05, 0.1) is 6.61 Å². The van der Waals surface area contributed by atoms with Gasteiger partial charge in [0.15, 0.2) is 5.38 Å². The maximum atomic E-state index is 11.4. The van der Waals surface area contributed by atoms with E-state index in [0.29, 0.717) is 21.7 Å². The zero-order valence-electron chi connectivity index (χ0n) is 7.97. The van der Waals surface area contributed by atoms with Crippen molar-refractivity contribution in [1.29, 1.82) is 0 Å². The Hall–Kier alpha value is -0.250. The minimum atomic E-state index is -0.809. The normalized spacial score (nSPS) is 12.3. The first-order valence-electron chi connectivity index (χ1n) is 4.32. The van der Waals surface area contributed by atoms with E-state index in [1.54, 1.807) is 25.1 Å². The number of hydrogen-bond acceptors (Lipinski definition) is 2. The third-order valence-corrected chi connectivity index (χ3v) is 3.06. The van der Waals surface area contributed by atoms with Crippen LogP contribution in [0.4, 0.5) is 0 Å². The third-order valence-electron chi connectivity index (χ3n) is 1.73. The second kappa shape index (κ2) is 5.73. The lowest BCUT2D eigenvalue weighted by Crippen LogP contribution is -2.11. The maximum absolute atomic E-state index is 11.4. The SMILES string of the molecule is CCOC(=O)C(Cl)c1ccc(Cl)cc1Br. The van der Waals surface area contributed by atoms with E-state index in [2.05, 4.69) is 15.9 Å². The molecule has 0 spiro atoms. The summed E-state index contributed by atoms with van der Waals surface area (Å²) in [6, 6.07) is 5.06. The van der Waals surface area contributed by atoms with E-state index in [1.807, 2.05) is 0 Å². The van der Waals surface area contributed by atoms with Crippen LogP contribution in [0.25, 0.3) is 0 Å². The van der Waals surface area contributed by atoms with Gasteiger partial charge in [0, 0.05) is 9.50 Å². The van der Waals surface area contributed by atoms with E-state index < -0.39 is 11.3 Å². The lowest BCUT2D eigenvalue weighted by Gasteiger charge is -2.10. The van der Waals surface area contributed by atoms with E-state index >= 15 is 0 Å². The molecule has 1 aromatic carbocycles. The molecule has 1 atom stereocenters. The summed E-state index contributed by atoms with van der Waals surface area (Å²) in [6.45, 7) is 2.05. The summed E-state index contributed by atoms with van der Waals surface area (Å²) in [7, 11) is 0. The van der Waals surface area contributed by atoms with Crippen LogP contribution in [0.15, 0.2) is 22.7 Å². The molecule has 0 aromatic heterocycles. The van der Waals surface area contributed by atoms with Gasteiger partial charge in [0.1, 0.15) is 0 Å². The average molecular weight is 312 g/mol. The Morgan fingerprint density at radius 1 is 1.60 bits per heavy atom. The van der Waals surface area contributed by atoms with Crippen LogP contribution in [-0.4, -0.2) is 12.6 Å². The van der Waals surface area contributed by atoms with Crippen LogP contribution >= 0.6 is 39.1 Å². The number of ether oxygens (including phenoxy) is 1. The van der Waals surface area contributed by atoms with E-state index in [-0.39, 0.29) is 0 Å². The number of rotatable bonds is 3. The van der Waals surface area contributed by atoms with Crippen LogP contribution in [0.3, 0.4) is 0 Å². The van der Waals surface area contributed by atoms with Crippen molar-refractivity contribution in [2.24, 2.45) is 0 Å². The summed E-state index contributed by atoms with van der Waals surface area (Å²) in [5.41, 5.74) is 0.652. The highest BCUT2D eigenvalue weighted by Crippen LogP contribution is 2.31. The number of carbonyl (C=O) groups excluding carboxylic acids is 1. The first-order chi connectivity index (χ1) is 7.06. The lowest BCUT2D eigenvalue weighted by atomic mass is 10.1. The van der Waals surface area contributed by atoms with Crippen molar-refractivity contribution >= 4 is 45.1 Å². The Kier molecular flexibility index (Phi) is 4.90. The van der Waals surface area contributed by atoms with Crippen molar-refractivity contribution in [1.82, 2.24) is 0 Å². The standard InChI is InChI=1S/C10H9BrCl2O2/c1-2-15-10(14)9(13)7-4-3-6(12)5-8(7)11/h3-5,9H,2H2,1H3. The van der Waals surface area contributed by atoms with Gasteiger partial charge < -0.3 is 4.74 Å². The van der Waals surface area contributed by atoms with Gasteiger partial charge in [-0.2, -0.15) is 0 Å². The summed E-state index contributed by atoms with van der Waals surface area (Å²) in [5, 5.41) is -0.227. The molecular weight excluding hydrogens is 303 g/mol. The monoisotopic (exact) mass is 310 g/mol. The zero-order chi connectivity index (χ0) is 11.4. The number of halogens is 3. The van der Waals surface area contributed by atoms with Crippen molar-refractivity contribution in [2.75, 3.05) is 6.61 Å². The second-order valence-electron chi connectivity index (χ2n) is 2.78. The van der Waals surface area contributed by atoms with Gasteiger partial charge in [-0.1, -0.05) is 33.6 Å². The minimum Gasteiger partial charge on any atom is -0.465 e. The van der Waals surface area contributed by atoms with Gasteiger partial charge >= 0.3 is 5.97 Å². The summed E-state index contributed by atoms with van der Waals surface area (Å²) in [5.74, 6) is -0.456. The number of hydrogen-bond donors (Lipinski definition) is 0. The van der Waals surface area contributed by atoms with Crippen molar-refractivity contribution < 1.29 is 9.53 Å². The topological polar surface area (TPSA) is 26.3 Å². The second-order valence-corrected chi connectivity index (χ2v) is 4.51. The van der Waals surface area contributed by atoms with Gasteiger partial charge in [0.25, 0.3) is 0 Å². The van der Waals surface area contributed by atoms with E-state index in [0.717, 1.165) is 0 Å².